The molecule has 7 nitrogen and oxygen atoms in total. The first kappa shape index (κ1) is 15.9. The maximum atomic E-state index is 12.3. The number of aliphatic carboxylic acids is 1. The largest absolute Gasteiger partial charge is 0.481 e. The van der Waals surface area contributed by atoms with Gasteiger partial charge in [0.1, 0.15) is 9.77 Å². The Hall–Kier alpha value is -1.45. The van der Waals surface area contributed by atoms with E-state index in [0.29, 0.717) is 12.8 Å². The van der Waals surface area contributed by atoms with E-state index in [0.717, 1.165) is 11.3 Å². The molecule has 0 aromatic carbocycles. The Balaban J connectivity index is 2.15. The predicted octanol–water partition coefficient (Wildman–Crippen LogP) is 1.07. The summed E-state index contributed by atoms with van der Waals surface area (Å²) in [6, 6.07) is 0.907. The first-order valence-corrected chi connectivity index (χ1v) is 8.62. The smallest absolute Gasteiger partial charge is 0.349 e. The van der Waals surface area contributed by atoms with Crippen LogP contribution in [0.2, 0.25) is 0 Å². The number of sulfonamides is 1. The molecule has 0 spiro atoms. The van der Waals surface area contributed by atoms with Gasteiger partial charge in [0.25, 0.3) is 0 Å². The third-order valence-electron chi connectivity index (χ3n) is 3.39. The SMILES string of the molecule is COC(=O)c1sccc1S(=O)(=O)N[C@H]1CC[C@@H](C(=O)O)C1. The molecule has 21 heavy (non-hydrogen) atoms. The van der Waals surface area contributed by atoms with Crippen molar-refractivity contribution in [1.82, 2.24) is 4.72 Å². The Labute approximate surface area is 126 Å². The van der Waals surface area contributed by atoms with Crippen molar-refractivity contribution in [3.05, 3.63) is 16.3 Å². The van der Waals surface area contributed by atoms with Crippen LogP contribution < -0.4 is 4.72 Å². The molecule has 1 aliphatic rings. The van der Waals surface area contributed by atoms with Gasteiger partial charge in [-0.25, -0.2) is 17.9 Å². The highest BCUT2D eigenvalue weighted by atomic mass is 32.2. The number of ether oxygens (including phenoxy) is 1. The monoisotopic (exact) mass is 333 g/mol. The van der Waals surface area contributed by atoms with Gasteiger partial charge in [0.15, 0.2) is 0 Å². The summed E-state index contributed by atoms with van der Waals surface area (Å²) in [6.07, 6.45) is 1.16. The van der Waals surface area contributed by atoms with E-state index < -0.39 is 33.9 Å². The summed E-state index contributed by atoms with van der Waals surface area (Å²) in [6.45, 7) is 0. The minimum absolute atomic E-state index is 0.0118. The summed E-state index contributed by atoms with van der Waals surface area (Å²) in [5.74, 6) is -2.15. The van der Waals surface area contributed by atoms with E-state index in [1.807, 2.05) is 0 Å². The van der Waals surface area contributed by atoms with E-state index in [-0.39, 0.29) is 16.2 Å². The van der Waals surface area contributed by atoms with Crippen molar-refractivity contribution in [2.75, 3.05) is 7.11 Å². The van der Waals surface area contributed by atoms with E-state index in [2.05, 4.69) is 9.46 Å². The van der Waals surface area contributed by atoms with Crippen molar-refractivity contribution >= 4 is 33.3 Å². The van der Waals surface area contributed by atoms with Gasteiger partial charge in [0.05, 0.1) is 13.0 Å². The first-order chi connectivity index (χ1) is 9.85. The molecule has 0 radical (unpaired) electrons. The van der Waals surface area contributed by atoms with Gasteiger partial charge < -0.3 is 9.84 Å². The third-order valence-corrected chi connectivity index (χ3v) is 5.98. The number of nitrogens with one attached hydrogen (secondary N) is 1. The Morgan fingerprint density at radius 3 is 2.71 bits per heavy atom. The highest BCUT2D eigenvalue weighted by molar-refractivity contribution is 7.89. The second-order valence-corrected chi connectivity index (χ2v) is 7.37. The Morgan fingerprint density at radius 2 is 2.14 bits per heavy atom. The number of hydrogen-bond acceptors (Lipinski definition) is 6. The summed E-state index contributed by atoms with van der Waals surface area (Å²) >= 11 is 0.985. The van der Waals surface area contributed by atoms with Gasteiger partial charge in [-0.15, -0.1) is 11.3 Å². The molecular weight excluding hydrogens is 318 g/mol. The highest BCUT2D eigenvalue weighted by Crippen LogP contribution is 2.28. The topological polar surface area (TPSA) is 110 Å². The molecule has 1 saturated carbocycles. The van der Waals surface area contributed by atoms with Crippen molar-refractivity contribution in [3.63, 3.8) is 0 Å². The van der Waals surface area contributed by atoms with Gasteiger partial charge in [-0.2, -0.15) is 0 Å². The maximum Gasteiger partial charge on any atom is 0.349 e. The minimum atomic E-state index is -3.87. The van der Waals surface area contributed by atoms with E-state index in [1.165, 1.54) is 18.6 Å². The first-order valence-electron chi connectivity index (χ1n) is 6.26. The van der Waals surface area contributed by atoms with E-state index in [1.54, 1.807) is 0 Å². The lowest BCUT2D eigenvalue weighted by atomic mass is 10.1. The van der Waals surface area contributed by atoms with Crippen LogP contribution in [0.25, 0.3) is 0 Å². The van der Waals surface area contributed by atoms with Crippen molar-refractivity contribution in [2.24, 2.45) is 5.92 Å². The number of carbonyl (C=O) groups is 2. The van der Waals surface area contributed by atoms with Crippen LogP contribution in [0.5, 0.6) is 0 Å². The summed E-state index contributed by atoms with van der Waals surface area (Å²) in [7, 11) is -2.69. The molecule has 0 unspecified atom stereocenters. The second-order valence-electron chi connectivity index (χ2n) is 4.77. The summed E-state index contributed by atoms with van der Waals surface area (Å²) < 4.78 is 31.6. The molecular formula is C12H15NO6S2. The molecule has 0 aliphatic heterocycles. The molecule has 2 N–H and O–H groups in total. The van der Waals surface area contributed by atoms with Crippen LogP contribution in [0, 0.1) is 5.92 Å². The summed E-state index contributed by atoms with van der Waals surface area (Å²) in [4.78, 5) is 22.3. The lowest BCUT2D eigenvalue weighted by molar-refractivity contribution is -0.141. The highest BCUT2D eigenvalue weighted by Gasteiger charge is 2.34. The Kier molecular flexibility index (Phi) is 4.64. The summed E-state index contributed by atoms with van der Waals surface area (Å²) in [5, 5.41) is 10.4. The fourth-order valence-corrected chi connectivity index (χ4v) is 4.96. The van der Waals surface area contributed by atoms with Crippen molar-refractivity contribution in [1.29, 1.82) is 0 Å². The Morgan fingerprint density at radius 1 is 1.43 bits per heavy atom. The average molecular weight is 333 g/mol. The van der Waals surface area contributed by atoms with Gasteiger partial charge in [0, 0.05) is 6.04 Å². The van der Waals surface area contributed by atoms with Crippen LogP contribution in [-0.2, 0) is 19.6 Å². The van der Waals surface area contributed by atoms with Gasteiger partial charge in [-0.1, -0.05) is 0 Å². The van der Waals surface area contributed by atoms with Crippen LogP contribution in [0.1, 0.15) is 28.9 Å². The number of methoxy groups -OCH3 is 1. The Bertz CT molecular complexity index is 650. The molecule has 0 amide bonds. The molecule has 9 heteroatoms. The molecule has 1 fully saturated rings. The fourth-order valence-electron chi connectivity index (χ4n) is 2.35. The molecule has 0 saturated heterocycles. The van der Waals surface area contributed by atoms with Crippen LogP contribution in [0.3, 0.4) is 0 Å². The lowest BCUT2D eigenvalue weighted by Crippen LogP contribution is -2.33. The second kappa shape index (κ2) is 6.12. The lowest BCUT2D eigenvalue weighted by Gasteiger charge is -2.13. The number of carboxylic acid groups (broad SMARTS) is 1. The molecule has 1 heterocycles. The zero-order valence-electron chi connectivity index (χ0n) is 11.2. The standard InChI is InChI=1S/C12H15NO6S2/c1-19-12(16)10-9(4-5-20-10)21(17,18)13-8-3-2-7(6-8)11(14)15/h4-5,7-8,13H,2-3,6H2,1H3,(H,14,15)/t7-,8+/m1/s1. The van der Waals surface area contributed by atoms with Crippen LogP contribution in [0.15, 0.2) is 16.3 Å². The molecule has 1 aromatic heterocycles. The molecule has 116 valence electrons. The third kappa shape index (κ3) is 3.42. The number of esters is 1. The number of carbonyl (C=O) groups excluding carboxylic acids is 1. The van der Waals surface area contributed by atoms with Crippen LogP contribution >= 0.6 is 11.3 Å². The number of carboxylic acids is 1. The van der Waals surface area contributed by atoms with Crippen molar-refractivity contribution < 1.29 is 27.9 Å². The molecule has 2 atom stereocenters. The molecule has 2 rings (SSSR count). The zero-order chi connectivity index (χ0) is 15.6. The van der Waals surface area contributed by atoms with Gasteiger partial charge in [0.2, 0.25) is 10.0 Å². The number of rotatable bonds is 5. The quantitative estimate of drug-likeness (QED) is 0.780. The van der Waals surface area contributed by atoms with Crippen molar-refractivity contribution in [2.45, 2.75) is 30.2 Å². The van der Waals surface area contributed by atoms with E-state index in [4.69, 9.17) is 5.11 Å². The predicted molar refractivity (Wildman–Crippen MR) is 74.7 cm³/mol. The van der Waals surface area contributed by atoms with E-state index in [9.17, 15) is 18.0 Å². The van der Waals surface area contributed by atoms with Gasteiger partial charge >= 0.3 is 11.9 Å². The normalized spacial score (nSPS) is 22.1. The van der Waals surface area contributed by atoms with Crippen LogP contribution in [0.4, 0.5) is 0 Å². The molecule has 0 bridgehead atoms. The summed E-state index contributed by atoms with van der Waals surface area (Å²) in [5.41, 5.74) is 0. The molecule has 1 aliphatic carbocycles. The van der Waals surface area contributed by atoms with E-state index >= 15 is 0 Å². The van der Waals surface area contributed by atoms with Crippen LogP contribution in [-0.4, -0.2) is 38.6 Å². The number of thiophene rings is 1. The van der Waals surface area contributed by atoms with Crippen molar-refractivity contribution in [3.8, 4) is 0 Å². The molecule has 1 aromatic rings. The average Bonchev–Trinajstić information content (AvgIpc) is 3.05. The van der Waals surface area contributed by atoms with Gasteiger partial charge in [-0.05, 0) is 30.7 Å². The zero-order valence-corrected chi connectivity index (χ0v) is 12.9. The maximum absolute atomic E-state index is 12.3. The minimum Gasteiger partial charge on any atom is -0.481 e. The number of hydrogen-bond donors (Lipinski definition) is 2. The van der Waals surface area contributed by atoms with Gasteiger partial charge in [-0.3, -0.25) is 4.79 Å². The fraction of sp³-hybridized carbons (Fsp3) is 0.500.